The van der Waals surface area contributed by atoms with Crippen molar-refractivity contribution >= 4 is 5.69 Å². The molecule has 0 atom stereocenters. The van der Waals surface area contributed by atoms with E-state index in [2.05, 4.69) is 34.5 Å². The van der Waals surface area contributed by atoms with Crippen LogP contribution in [0.5, 0.6) is 0 Å². The Kier molecular flexibility index (Phi) is 6.62. The minimum atomic E-state index is 0.103. The van der Waals surface area contributed by atoms with Gasteiger partial charge in [-0.1, -0.05) is 12.1 Å². The van der Waals surface area contributed by atoms with E-state index in [4.69, 9.17) is 9.84 Å². The third-order valence-corrected chi connectivity index (χ3v) is 2.53. The maximum absolute atomic E-state index is 8.53. The Morgan fingerprint density at radius 1 is 1.18 bits per heavy atom. The molecule has 0 fully saturated rings. The van der Waals surface area contributed by atoms with Gasteiger partial charge in [0, 0.05) is 25.3 Å². The first-order valence-corrected chi connectivity index (χ1v) is 6.00. The number of hydrogen-bond donors (Lipinski definition) is 2. The highest BCUT2D eigenvalue weighted by atomic mass is 16.5. The standard InChI is InChI=1S/C13H22N2O2/c1-15(2)13-5-3-12(4-6-13)11-14-7-9-17-10-8-16/h3-6,14,16H,7-11H2,1-2H3/p+1. The number of rotatable bonds is 8. The lowest BCUT2D eigenvalue weighted by molar-refractivity contribution is -0.672. The van der Waals surface area contributed by atoms with E-state index in [1.54, 1.807) is 0 Å². The summed E-state index contributed by atoms with van der Waals surface area (Å²) < 4.78 is 5.18. The second-order valence-corrected chi connectivity index (χ2v) is 4.18. The van der Waals surface area contributed by atoms with E-state index in [9.17, 15) is 0 Å². The van der Waals surface area contributed by atoms with Crippen molar-refractivity contribution in [1.29, 1.82) is 0 Å². The number of nitrogens with zero attached hydrogens (tertiary/aromatic N) is 1. The van der Waals surface area contributed by atoms with Crippen LogP contribution < -0.4 is 10.2 Å². The molecule has 0 saturated carbocycles. The maximum atomic E-state index is 8.53. The highest BCUT2D eigenvalue weighted by Crippen LogP contribution is 2.11. The van der Waals surface area contributed by atoms with Crippen LogP contribution in [0.15, 0.2) is 24.3 Å². The molecule has 1 aromatic rings. The van der Waals surface area contributed by atoms with Crippen molar-refractivity contribution in [3.8, 4) is 0 Å². The summed E-state index contributed by atoms with van der Waals surface area (Å²) in [6.07, 6.45) is 0. The van der Waals surface area contributed by atoms with Crippen molar-refractivity contribution in [1.82, 2.24) is 0 Å². The zero-order valence-corrected chi connectivity index (χ0v) is 10.7. The lowest BCUT2D eigenvalue weighted by Gasteiger charge is -2.12. The fourth-order valence-electron chi connectivity index (χ4n) is 1.53. The van der Waals surface area contributed by atoms with Gasteiger partial charge in [-0.05, 0) is 12.1 Å². The number of hydrogen-bond acceptors (Lipinski definition) is 3. The average Bonchev–Trinajstić information content (AvgIpc) is 2.34. The molecular formula is C13H23N2O2+. The molecule has 4 nitrogen and oxygen atoms in total. The topological polar surface area (TPSA) is 49.3 Å². The monoisotopic (exact) mass is 239 g/mol. The molecule has 3 N–H and O–H groups in total. The Bertz CT molecular complexity index is 299. The van der Waals surface area contributed by atoms with Gasteiger partial charge >= 0.3 is 0 Å². The van der Waals surface area contributed by atoms with Crippen LogP contribution in [-0.4, -0.2) is 45.6 Å². The molecule has 0 spiro atoms. The highest BCUT2D eigenvalue weighted by Gasteiger charge is 1.98. The maximum Gasteiger partial charge on any atom is 0.101 e. The molecule has 0 aliphatic rings. The van der Waals surface area contributed by atoms with Crippen molar-refractivity contribution in [2.24, 2.45) is 0 Å². The fraction of sp³-hybridized carbons (Fsp3) is 0.538. The minimum absolute atomic E-state index is 0.103. The van der Waals surface area contributed by atoms with E-state index in [1.165, 1.54) is 11.3 Å². The SMILES string of the molecule is CN(C)c1ccc(C[NH2+]CCOCCO)cc1. The Labute approximate surface area is 103 Å². The molecule has 1 rings (SSSR count). The molecule has 96 valence electrons. The average molecular weight is 239 g/mol. The van der Waals surface area contributed by atoms with E-state index < -0.39 is 0 Å². The molecule has 1 aromatic carbocycles. The van der Waals surface area contributed by atoms with Crippen LogP contribution in [-0.2, 0) is 11.3 Å². The molecule has 0 aliphatic carbocycles. The van der Waals surface area contributed by atoms with Gasteiger partial charge in [-0.25, -0.2) is 0 Å². The van der Waals surface area contributed by atoms with Gasteiger partial charge in [0.25, 0.3) is 0 Å². The van der Waals surface area contributed by atoms with Crippen LogP contribution in [0.3, 0.4) is 0 Å². The van der Waals surface area contributed by atoms with Crippen LogP contribution in [0.25, 0.3) is 0 Å². The molecule has 0 saturated heterocycles. The van der Waals surface area contributed by atoms with Crippen LogP contribution in [0.2, 0.25) is 0 Å². The Hall–Kier alpha value is -1.10. The molecular weight excluding hydrogens is 216 g/mol. The smallest absolute Gasteiger partial charge is 0.101 e. The first-order chi connectivity index (χ1) is 8.24. The van der Waals surface area contributed by atoms with Crippen molar-refractivity contribution in [3.63, 3.8) is 0 Å². The van der Waals surface area contributed by atoms with Gasteiger partial charge in [-0.15, -0.1) is 0 Å². The normalized spacial score (nSPS) is 10.5. The first-order valence-electron chi connectivity index (χ1n) is 6.00. The van der Waals surface area contributed by atoms with E-state index in [0.29, 0.717) is 13.2 Å². The number of quaternary nitrogens is 1. The molecule has 0 aromatic heterocycles. The van der Waals surface area contributed by atoms with Crippen LogP contribution >= 0.6 is 0 Å². The van der Waals surface area contributed by atoms with Gasteiger partial charge in [0.2, 0.25) is 0 Å². The van der Waals surface area contributed by atoms with E-state index >= 15 is 0 Å². The molecule has 0 amide bonds. The van der Waals surface area contributed by atoms with Gasteiger partial charge in [0.15, 0.2) is 0 Å². The van der Waals surface area contributed by atoms with E-state index in [1.807, 2.05) is 14.1 Å². The summed E-state index contributed by atoms with van der Waals surface area (Å²) in [4.78, 5) is 2.09. The van der Waals surface area contributed by atoms with Crippen molar-refractivity contribution in [2.45, 2.75) is 6.54 Å². The summed E-state index contributed by atoms with van der Waals surface area (Å²) in [5, 5.41) is 10.7. The summed E-state index contributed by atoms with van der Waals surface area (Å²) in [6.45, 7) is 3.12. The highest BCUT2D eigenvalue weighted by molar-refractivity contribution is 5.45. The van der Waals surface area contributed by atoms with Crippen LogP contribution in [0.4, 0.5) is 5.69 Å². The molecule has 0 radical (unpaired) electrons. The van der Waals surface area contributed by atoms with E-state index in [0.717, 1.165) is 13.1 Å². The van der Waals surface area contributed by atoms with Crippen LogP contribution in [0, 0.1) is 0 Å². The number of benzene rings is 1. The minimum Gasteiger partial charge on any atom is -0.394 e. The Morgan fingerprint density at radius 2 is 1.88 bits per heavy atom. The van der Waals surface area contributed by atoms with Crippen molar-refractivity contribution < 1.29 is 15.2 Å². The summed E-state index contributed by atoms with van der Waals surface area (Å²) >= 11 is 0. The van der Waals surface area contributed by atoms with E-state index in [-0.39, 0.29) is 6.61 Å². The summed E-state index contributed by atoms with van der Waals surface area (Å²) in [7, 11) is 4.08. The summed E-state index contributed by atoms with van der Waals surface area (Å²) in [6, 6.07) is 8.57. The quantitative estimate of drug-likeness (QED) is 0.619. The van der Waals surface area contributed by atoms with Crippen molar-refractivity contribution in [2.75, 3.05) is 45.4 Å². The lowest BCUT2D eigenvalue weighted by atomic mass is 10.2. The fourth-order valence-corrected chi connectivity index (χ4v) is 1.53. The lowest BCUT2D eigenvalue weighted by Crippen LogP contribution is -2.83. The van der Waals surface area contributed by atoms with Gasteiger partial charge in [0.05, 0.1) is 26.4 Å². The second-order valence-electron chi connectivity index (χ2n) is 4.18. The molecule has 0 unspecified atom stereocenters. The van der Waals surface area contributed by atoms with Gasteiger partial charge in [-0.2, -0.15) is 0 Å². The molecule has 0 heterocycles. The Morgan fingerprint density at radius 3 is 2.47 bits per heavy atom. The zero-order chi connectivity index (χ0) is 12.5. The molecule has 17 heavy (non-hydrogen) atoms. The number of ether oxygens (including phenoxy) is 1. The third-order valence-electron chi connectivity index (χ3n) is 2.53. The number of aliphatic hydroxyl groups excluding tert-OH is 1. The largest absolute Gasteiger partial charge is 0.394 e. The third kappa shape index (κ3) is 5.68. The molecule has 4 heteroatoms. The summed E-state index contributed by atoms with van der Waals surface area (Å²) in [5.74, 6) is 0. The Balaban J connectivity index is 2.19. The summed E-state index contributed by atoms with van der Waals surface area (Å²) in [5.41, 5.74) is 2.54. The number of nitrogens with two attached hydrogens (primary N) is 1. The van der Waals surface area contributed by atoms with Crippen molar-refractivity contribution in [3.05, 3.63) is 29.8 Å². The molecule has 0 aliphatic heterocycles. The molecule has 0 bridgehead atoms. The van der Waals surface area contributed by atoms with Gasteiger partial charge in [0.1, 0.15) is 6.54 Å². The predicted molar refractivity (Wildman–Crippen MR) is 69.2 cm³/mol. The van der Waals surface area contributed by atoms with Gasteiger partial charge in [-0.3, -0.25) is 0 Å². The second kappa shape index (κ2) is 8.06. The van der Waals surface area contributed by atoms with Crippen LogP contribution in [0.1, 0.15) is 5.56 Å². The first kappa shape index (κ1) is 14.0. The zero-order valence-electron chi connectivity index (χ0n) is 10.7. The predicted octanol–water partition coefficient (Wildman–Crippen LogP) is -0.175. The van der Waals surface area contributed by atoms with Gasteiger partial charge < -0.3 is 20.1 Å². The number of aliphatic hydroxyl groups is 1. The number of anilines is 1.